The maximum atomic E-state index is 13.1. The summed E-state index contributed by atoms with van der Waals surface area (Å²) in [4.78, 5) is 21.6. The van der Waals surface area contributed by atoms with E-state index in [2.05, 4.69) is 5.32 Å². The highest BCUT2D eigenvalue weighted by Gasteiger charge is 2.23. The lowest BCUT2D eigenvalue weighted by Gasteiger charge is -2.11. The molecular formula is C12H13ClF2N2O3. The first kappa shape index (κ1) is 16.3. The summed E-state index contributed by atoms with van der Waals surface area (Å²) in [5.74, 6) is -3.02. The van der Waals surface area contributed by atoms with E-state index in [-0.39, 0.29) is 12.5 Å². The fourth-order valence-corrected chi connectivity index (χ4v) is 1.89. The molecule has 0 aliphatic heterocycles. The standard InChI is InChI=1S/C12H13ClF2N2O3/c1-7(2-3-13)6-16-12(18)8-4-9(14)10(15)5-11(8)17(19)20/h4-5,7H,2-3,6H2,1H3,(H,16,18). The highest BCUT2D eigenvalue weighted by molar-refractivity contribution is 6.17. The van der Waals surface area contributed by atoms with E-state index in [0.717, 1.165) is 0 Å². The number of benzene rings is 1. The van der Waals surface area contributed by atoms with Crippen LogP contribution in [0.5, 0.6) is 0 Å². The Morgan fingerprint density at radius 2 is 2.05 bits per heavy atom. The zero-order valence-electron chi connectivity index (χ0n) is 10.7. The van der Waals surface area contributed by atoms with Crippen molar-refractivity contribution < 1.29 is 18.5 Å². The normalized spacial score (nSPS) is 12.0. The number of nitrogens with one attached hydrogen (secondary N) is 1. The molecule has 1 N–H and O–H groups in total. The molecule has 0 saturated heterocycles. The van der Waals surface area contributed by atoms with Gasteiger partial charge in [0, 0.05) is 12.4 Å². The predicted molar refractivity (Wildman–Crippen MR) is 69.8 cm³/mol. The fourth-order valence-electron chi connectivity index (χ4n) is 1.52. The molecule has 0 aliphatic carbocycles. The van der Waals surface area contributed by atoms with E-state index in [1.807, 2.05) is 6.92 Å². The number of nitro groups is 1. The summed E-state index contributed by atoms with van der Waals surface area (Å²) in [6.07, 6.45) is 0.654. The second-order valence-electron chi connectivity index (χ2n) is 4.33. The molecule has 0 aromatic heterocycles. The molecule has 1 rings (SSSR count). The number of nitrogens with zero attached hydrogens (tertiary/aromatic N) is 1. The van der Waals surface area contributed by atoms with Gasteiger partial charge in [-0.2, -0.15) is 0 Å². The summed E-state index contributed by atoms with van der Waals surface area (Å²) >= 11 is 5.54. The van der Waals surface area contributed by atoms with Crippen LogP contribution in [0.2, 0.25) is 0 Å². The van der Waals surface area contributed by atoms with Crippen LogP contribution in [0.15, 0.2) is 12.1 Å². The zero-order valence-corrected chi connectivity index (χ0v) is 11.4. The molecule has 20 heavy (non-hydrogen) atoms. The van der Waals surface area contributed by atoms with E-state index in [1.165, 1.54) is 0 Å². The van der Waals surface area contributed by atoms with Gasteiger partial charge in [0.15, 0.2) is 11.6 Å². The van der Waals surface area contributed by atoms with Crippen LogP contribution >= 0.6 is 11.6 Å². The molecule has 0 aliphatic rings. The SMILES string of the molecule is CC(CCCl)CNC(=O)c1cc(F)c(F)cc1[N+](=O)[O-]. The third-order valence-corrected chi connectivity index (χ3v) is 2.91. The summed E-state index contributed by atoms with van der Waals surface area (Å²) in [6.45, 7) is 2.07. The van der Waals surface area contributed by atoms with Crippen LogP contribution < -0.4 is 5.32 Å². The first-order chi connectivity index (χ1) is 9.36. The van der Waals surface area contributed by atoms with Crippen LogP contribution in [0.1, 0.15) is 23.7 Å². The van der Waals surface area contributed by atoms with Crippen LogP contribution in [0, 0.1) is 27.7 Å². The Bertz CT molecular complexity index is 526. The molecule has 0 saturated carbocycles. The molecule has 0 fully saturated rings. The van der Waals surface area contributed by atoms with Crippen molar-refractivity contribution in [3.63, 3.8) is 0 Å². The topological polar surface area (TPSA) is 72.2 Å². The van der Waals surface area contributed by atoms with Crippen LogP contribution in [0.3, 0.4) is 0 Å². The van der Waals surface area contributed by atoms with E-state index in [0.29, 0.717) is 24.4 Å². The Hall–Kier alpha value is -1.76. The first-order valence-corrected chi connectivity index (χ1v) is 6.37. The van der Waals surface area contributed by atoms with E-state index < -0.39 is 33.7 Å². The van der Waals surface area contributed by atoms with Gasteiger partial charge in [-0.15, -0.1) is 11.6 Å². The molecule has 1 atom stereocenters. The minimum Gasteiger partial charge on any atom is -0.352 e. The summed E-state index contributed by atoms with van der Waals surface area (Å²) in [5, 5.41) is 13.2. The van der Waals surface area contributed by atoms with Crippen LogP contribution in [0.25, 0.3) is 0 Å². The van der Waals surface area contributed by atoms with E-state index in [4.69, 9.17) is 11.6 Å². The van der Waals surface area contributed by atoms with Gasteiger partial charge in [-0.3, -0.25) is 14.9 Å². The number of carbonyl (C=O) groups excluding carboxylic acids is 1. The van der Waals surface area contributed by atoms with Crippen LogP contribution in [-0.4, -0.2) is 23.3 Å². The molecule has 1 aromatic rings. The highest BCUT2D eigenvalue weighted by atomic mass is 35.5. The van der Waals surface area contributed by atoms with Crippen molar-refractivity contribution in [2.75, 3.05) is 12.4 Å². The number of halogens is 3. The molecule has 8 heteroatoms. The van der Waals surface area contributed by atoms with E-state index in [1.54, 1.807) is 0 Å². The third-order valence-electron chi connectivity index (χ3n) is 2.69. The van der Waals surface area contributed by atoms with Gasteiger partial charge in [-0.05, 0) is 18.4 Å². The molecule has 0 bridgehead atoms. The van der Waals surface area contributed by atoms with E-state index in [9.17, 15) is 23.7 Å². The average molecular weight is 307 g/mol. The second kappa shape index (κ2) is 7.14. The van der Waals surface area contributed by atoms with Gasteiger partial charge in [0.2, 0.25) is 0 Å². The van der Waals surface area contributed by atoms with Crippen LogP contribution in [0.4, 0.5) is 14.5 Å². The molecular weight excluding hydrogens is 294 g/mol. The summed E-state index contributed by atoms with van der Waals surface area (Å²) < 4.78 is 26.1. The predicted octanol–water partition coefficient (Wildman–Crippen LogP) is 2.87. The molecule has 0 heterocycles. The average Bonchev–Trinajstić information content (AvgIpc) is 2.38. The lowest BCUT2D eigenvalue weighted by atomic mass is 10.1. The number of carbonyl (C=O) groups is 1. The van der Waals surface area contributed by atoms with Crippen molar-refractivity contribution >= 4 is 23.2 Å². The zero-order chi connectivity index (χ0) is 15.3. The van der Waals surface area contributed by atoms with Gasteiger partial charge in [-0.1, -0.05) is 6.92 Å². The van der Waals surface area contributed by atoms with Gasteiger partial charge < -0.3 is 5.32 Å². The minimum atomic E-state index is -1.37. The fraction of sp³-hybridized carbons (Fsp3) is 0.417. The molecule has 0 radical (unpaired) electrons. The smallest absolute Gasteiger partial charge is 0.285 e. The lowest BCUT2D eigenvalue weighted by molar-refractivity contribution is -0.385. The lowest BCUT2D eigenvalue weighted by Crippen LogP contribution is -2.29. The first-order valence-electron chi connectivity index (χ1n) is 5.84. The van der Waals surface area contributed by atoms with Crippen molar-refractivity contribution in [3.8, 4) is 0 Å². The third kappa shape index (κ3) is 4.12. The van der Waals surface area contributed by atoms with Crippen molar-refractivity contribution in [1.82, 2.24) is 5.32 Å². The van der Waals surface area contributed by atoms with Gasteiger partial charge >= 0.3 is 0 Å². The quantitative estimate of drug-likeness (QED) is 0.499. The number of alkyl halides is 1. The second-order valence-corrected chi connectivity index (χ2v) is 4.71. The molecule has 5 nitrogen and oxygen atoms in total. The molecule has 1 amide bonds. The van der Waals surface area contributed by atoms with Gasteiger partial charge in [0.05, 0.1) is 11.0 Å². The summed E-state index contributed by atoms with van der Waals surface area (Å²) in [6, 6.07) is 0.918. The highest BCUT2D eigenvalue weighted by Crippen LogP contribution is 2.22. The largest absolute Gasteiger partial charge is 0.352 e. The molecule has 0 spiro atoms. The van der Waals surface area contributed by atoms with E-state index >= 15 is 0 Å². The summed E-state index contributed by atoms with van der Waals surface area (Å²) in [7, 11) is 0. The van der Waals surface area contributed by atoms with Crippen LogP contribution in [-0.2, 0) is 0 Å². The molecule has 110 valence electrons. The minimum absolute atomic E-state index is 0.0702. The Balaban J connectivity index is 2.92. The number of rotatable bonds is 6. The number of amides is 1. The maximum absolute atomic E-state index is 13.1. The van der Waals surface area contributed by atoms with Crippen molar-refractivity contribution in [1.29, 1.82) is 0 Å². The van der Waals surface area contributed by atoms with Gasteiger partial charge in [-0.25, -0.2) is 8.78 Å². The van der Waals surface area contributed by atoms with Gasteiger partial charge in [0.1, 0.15) is 5.56 Å². The Morgan fingerprint density at radius 3 is 2.60 bits per heavy atom. The molecule has 1 aromatic carbocycles. The Morgan fingerprint density at radius 1 is 1.45 bits per heavy atom. The van der Waals surface area contributed by atoms with Crippen molar-refractivity contribution in [2.24, 2.45) is 5.92 Å². The number of nitro benzene ring substituents is 1. The Kier molecular flexibility index (Phi) is 5.82. The monoisotopic (exact) mass is 306 g/mol. The maximum Gasteiger partial charge on any atom is 0.285 e. The van der Waals surface area contributed by atoms with Crippen molar-refractivity contribution in [3.05, 3.63) is 39.4 Å². The van der Waals surface area contributed by atoms with Gasteiger partial charge in [0.25, 0.3) is 11.6 Å². The molecule has 1 unspecified atom stereocenters. The number of hydrogen-bond donors (Lipinski definition) is 1. The van der Waals surface area contributed by atoms with Crippen molar-refractivity contribution in [2.45, 2.75) is 13.3 Å². The summed E-state index contributed by atoms with van der Waals surface area (Å²) in [5.41, 5.74) is -1.28. The Labute approximate surface area is 119 Å². The number of hydrogen-bond acceptors (Lipinski definition) is 3.